The van der Waals surface area contributed by atoms with Crippen molar-refractivity contribution in [3.8, 4) is 0 Å². The Morgan fingerprint density at radius 2 is 0.694 bits per heavy atom. The minimum atomic E-state index is 1.23. The molecule has 1 nitrogen and oxygen atoms in total. The Labute approximate surface area is 228 Å². The zero-order chi connectivity index (χ0) is 25.8. The molecule has 0 amide bonds. The maximum absolute atomic E-state index is 4.33. The van der Waals surface area contributed by atoms with Gasteiger partial charge in [0.25, 0.3) is 0 Å². The highest BCUT2D eigenvalue weighted by molar-refractivity contribution is 5.29. The van der Waals surface area contributed by atoms with Crippen LogP contribution in [0.1, 0.15) is 200 Å². The van der Waals surface area contributed by atoms with Crippen LogP contribution < -0.4 is 5.32 Å². The van der Waals surface area contributed by atoms with E-state index in [4.69, 9.17) is 0 Å². The van der Waals surface area contributed by atoms with Crippen LogP contribution in [0.2, 0.25) is 0 Å². The minimum Gasteiger partial charge on any atom is -0.261 e. The molecule has 0 aromatic heterocycles. The number of nitrogens with zero attached hydrogens (tertiary/aromatic N) is 1. The smallest absolute Gasteiger partial charge is 0.0405 e. The first kappa shape index (κ1) is 33.3. The lowest BCUT2D eigenvalue weighted by atomic mass is 10.0. The van der Waals surface area contributed by atoms with Crippen LogP contribution in [0.15, 0.2) is 23.5 Å². The highest BCUT2D eigenvalue weighted by atomic mass is 14.9. The third-order valence-corrected chi connectivity index (χ3v) is 8.31. The topological polar surface area (TPSA) is 14.1 Å². The molecule has 211 valence electrons. The number of unbranched alkanes of at least 4 members (excludes halogenated alkanes) is 27. The molecule has 0 bridgehead atoms. The molecule has 1 rings (SSSR count). The van der Waals surface area contributed by atoms with E-state index in [1.54, 1.807) is 0 Å². The van der Waals surface area contributed by atoms with Crippen molar-refractivity contribution in [2.45, 2.75) is 200 Å². The normalized spacial score (nSPS) is 13.2. The van der Waals surface area contributed by atoms with Crippen molar-refractivity contribution in [3.05, 3.63) is 23.5 Å². The average Bonchev–Trinajstić information content (AvgIpc) is 3.30. The Kier molecular flexibility index (Phi) is 25.3. The Morgan fingerprint density at radius 1 is 0.417 bits per heavy atom. The third kappa shape index (κ3) is 22.5. The van der Waals surface area contributed by atoms with E-state index in [2.05, 4.69) is 25.2 Å². The fourth-order valence-corrected chi connectivity index (χ4v) is 5.69. The van der Waals surface area contributed by atoms with Gasteiger partial charge in [-0.2, -0.15) is 0 Å². The van der Waals surface area contributed by atoms with E-state index >= 15 is 0 Å². The third-order valence-electron chi connectivity index (χ3n) is 8.31. The Hall–Kier alpha value is -0.720. The molecule has 0 saturated heterocycles. The summed E-state index contributed by atoms with van der Waals surface area (Å²) in [5.74, 6) is 0. The van der Waals surface area contributed by atoms with Crippen molar-refractivity contribution in [2.24, 2.45) is 0 Å². The van der Waals surface area contributed by atoms with Crippen LogP contribution in [0.5, 0.6) is 0 Å². The number of hydrogen-bond acceptors (Lipinski definition) is 0. The highest BCUT2D eigenvalue weighted by Gasteiger charge is 2.04. The van der Waals surface area contributed by atoms with Crippen molar-refractivity contribution in [1.82, 2.24) is 5.32 Å². The van der Waals surface area contributed by atoms with Gasteiger partial charge in [-0.1, -0.05) is 180 Å². The van der Waals surface area contributed by atoms with Crippen LogP contribution in [0, 0.1) is 0 Å². The summed E-state index contributed by atoms with van der Waals surface area (Å²) in [5.41, 5.74) is 2.70. The predicted octanol–water partition coefficient (Wildman–Crippen LogP) is 12.7. The molecule has 0 aromatic carbocycles. The van der Waals surface area contributed by atoms with Crippen molar-refractivity contribution >= 4 is 0 Å². The monoisotopic (exact) mass is 501 g/mol. The van der Waals surface area contributed by atoms with E-state index < -0.39 is 0 Å². The first-order valence-electron chi connectivity index (χ1n) is 16.9. The van der Waals surface area contributed by atoms with Crippen LogP contribution in [0.25, 0.3) is 0 Å². The molecule has 0 aliphatic carbocycles. The fraction of sp³-hybridized carbons (Fsp3) is 0.886. The molecule has 1 heteroatoms. The van der Waals surface area contributed by atoms with Crippen molar-refractivity contribution in [1.29, 1.82) is 0 Å². The van der Waals surface area contributed by atoms with Gasteiger partial charge in [-0.15, -0.1) is 0 Å². The lowest BCUT2D eigenvalue weighted by Crippen LogP contribution is -1.89. The molecule has 36 heavy (non-hydrogen) atoms. The molecular formula is C35H66N. The summed E-state index contributed by atoms with van der Waals surface area (Å²) in [6.07, 6.45) is 46.4. The van der Waals surface area contributed by atoms with Gasteiger partial charge in [-0.25, -0.2) is 0 Å². The molecule has 0 spiro atoms. The standard InChI is InChI=1S/C35H66N/c1-3-4-5-6-7-8-9-10-11-12-13-14-15-16-17-18-19-20-21-22-23-24-25-26-27-28-29-30-31-35-32-33-36-34(35)2/h32-33H,3-31H2,1-2H3. The van der Waals surface area contributed by atoms with Crippen LogP contribution >= 0.6 is 0 Å². The number of rotatable bonds is 29. The summed E-state index contributed by atoms with van der Waals surface area (Å²) in [6, 6.07) is 0. The summed E-state index contributed by atoms with van der Waals surface area (Å²) in [7, 11) is 0. The van der Waals surface area contributed by atoms with E-state index in [1.807, 2.05) is 6.20 Å². The molecule has 0 saturated carbocycles. The summed E-state index contributed by atoms with van der Waals surface area (Å²) in [6.45, 7) is 4.44. The van der Waals surface area contributed by atoms with E-state index in [1.165, 1.54) is 197 Å². The average molecular weight is 501 g/mol. The summed E-state index contributed by atoms with van der Waals surface area (Å²) in [5, 5.41) is 4.33. The van der Waals surface area contributed by atoms with Gasteiger partial charge in [-0.3, -0.25) is 5.32 Å². The summed E-state index contributed by atoms with van der Waals surface area (Å²) in [4.78, 5) is 0. The molecule has 1 heterocycles. The first-order chi connectivity index (χ1) is 17.8. The molecule has 0 unspecified atom stereocenters. The van der Waals surface area contributed by atoms with Gasteiger partial charge in [0.05, 0.1) is 0 Å². The second-order valence-corrected chi connectivity index (χ2v) is 11.9. The molecule has 0 atom stereocenters. The van der Waals surface area contributed by atoms with E-state index in [-0.39, 0.29) is 0 Å². The van der Waals surface area contributed by atoms with E-state index in [9.17, 15) is 0 Å². The first-order valence-corrected chi connectivity index (χ1v) is 16.9. The second kappa shape index (κ2) is 27.3. The predicted molar refractivity (Wildman–Crippen MR) is 164 cm³/mol. The van der Waals surface area contributed by atoms with Gasteiger partial charge in [0.15, 0.2) is 0 Å². The maximum atomic E-state index is 4.33. The zero-order valence-electron chi connectivity index (χ0n) is 25.1. The van der Waals surface area contributed by atoms with E-state index in [0.29, 0.717) is 0 Å². The van der Waals surface area contributed by atoms with Gasteiger partial charge in [0, 0.05) is 11.9 Å². The lowest BCUT2D eigenvalue weighted by molar-refractivity contribution is 0.514. The van der Waals surface area contributed by atoms with Crippen LogP contribution in [-0.4, -0.2) is 0 Å². The van der Waals surface area contributed by atoms with Gasteiger partial charge in [0.2, 0.25) is 0 Å². The molecule has 0 aromatic rings. The van der Waals surface area contributed by atoms with Crippen LogP contribution in [0.3, 0.4) is 0 Å². The molecular weight excluding hydrogens is 434 g/mol. The van der Waals surface area contributed by atoms with Crippen LogP contribution in [-0.2, 0) is 0 Å². The Bertz CT molecular complexity index is 503. The quantitative estimate of drug-likeness (QED) is 0.0906. The molecule has 0 fully saturated rings. The summed E-state index contributed by atoms with van der Waals surface area (Å²) < 4.78 is 0. The lowest BCUT2D eigenvalue weighted by Gasteiger charge is -2.05. The van der Waals surface area contributed by atoms with E-state index in [0.717, 1.165) is 0 Å². The van der Waals surface area contributed by atoms with Crippen LogP contribution in [0.4, 0.5) is 0 Å². The molecule has 1 aliphatic heterocycles. The van der Waals surface area contributed by atoms with Gasteiger partial charge in [-0.05, 0) is 31.4 Å². The van der Waals surface area contributed by atoms with Crippen molar-refractivity contribution in [3.63, 3.8) is 0 Å². The van der Waals surface area contributed by atoms with Gasteiger partial charge in [0.1, 0.15) is 0 Å². The highest BCUT2D eigenvalue weighted by Crippen LogP contribution is 2.20. The minimum absolute atomic E-state index is 1.23. The number of allylic oxidation sites excluding steroid dienone is 3. The molecule has 1 radical (unpaired) electrons. The SMILES string of the molecule is CCCCCCCCCCCCCCCCCCCCCCCCCCCCCCC1=C(C)[N]C=C1. The largest absolute Gasteiger partial charge is 0.261 e. The Balaban J connectivity index is 1.63. The van der Waals surface area contributed by atoms with Gasteiger partial charge >= 0.3 is 0 Å². The number of hydrogen-bond donors (Lipinski definition) is 0. The van der Waals surface area contributed by atoms with Crippen molar-refractivity contribution < 1.29 is 0 Å². The molecule has 0 N–H and O–H groups in total. The summed E-state index contributed by atoms with van der Waals surface area (Å²) >= 11 is 0. The maximum Gasteiger partial charge on any atom is 0.0405 e. The molecule has 1 aliphatic rings. The zero-order valence-corrected chi connectivity index (χ0v) is 25.1. The van der Waals surface area contributed by atoms with Crippen molar-refractivity contribution in [2.75, 3.05) is 0 Å². The Morgan fingerprint density at radius 3 is 0.944 bits per heavy atom. The van der Waals surface area contributed by atoms with Gasteiger partial charge < -0.3 is 0 Å². The fourth-order valence-electron chi connectivity index (χ4n) is 5.69. The second-order valence-electron chi connectivity index (χ2n) is 11.9.